The van der Waals surface area contributed by atoms with E-state index in [0.717, 1.165) is 17.9 Å². The highest BCUT2D eigenvalue weighted by atomic mass is 16.5. The van der Waals surface area contributed by atoms with Crippen LogP contribution in [0.1, 0.15) is 38.3 Å². The van der Waals surface area contributed by atoms with Crippen LogP contribution in [0.3, 0.4) is 0 Å². The molecule has 0 bridgehead atoms. The summed E-state index contributed by atoms with van der Waals surface area (Å²) in [7, 11) is 5.36. The average molecular weight is 251 g/mol. The van der Waals surface area contributed by atoms with E-state index in [1.54, 1.807) is 14.2 Å². The van der Waals surface area contributed by atoms with Gasteiger partial charge in [-0.3, -0.25) is 0 Å². The first kappa shape index (κ1) is 14.8. The predicted molar refractivity (Wildman–Crippen MR) is 75.4 cm³/mol. The highest BCUT2D eigenvalue weighted by Crippen LogP contribution is 2.29. The van der Waals surface area contributed by atoms with Gasteiger partial charge in [-0.1, -0.05) is 20.3 Å². The average Bonchev–Trinajstić information content (AvgIpc) is 2.43. The summed E-state index contributed by atoms with van der Waals surface area (Å²) in [6.45, 7) is 4.51. The standard InChI is InChI=1S/C15H25NO2/c1-6-11(2)7-15(16-3)12-8-13(17-4)10-14(9-12)18-5/h8-11,15-16H,6-7H2,1-5H3. The van der Waals surface area contributed by atoms with Crippen molar-refractivity contribution >= 4 is 0 Å². The third kappa shape index (κ3) is 3.91. The first-order valence-electron chi connectivity index (χ1n) is 6.54. The van der Waals surface area contributed by atoms with Crippen LogP contribution in [0, 0.1) is 5.92 Å². The van der Waals surface area contributed by atoms with Crippen molar-refractivity contribution in [3.05, 3.63) is 23.8 Å². The fraction of sp³-hybridized carbons (Fsp3) is 0.600. The Balaban J connectivity index is 2.96. The van der Waals surface area contributed by atoms with Gasteiger partial charge in [0.05, 0.1) is 14.2 Å². The molecule has 0 radical (unpaired) electrons. The van der Waals surface area contributed by atoms with Crippen LogP contribution in [0.2, 0.25) is 0 Å². The molecule has 0 fully saturated rings. The van der Waals surface area contributed by atoms with Crippen LogP contribution in [0.5, 0.6) is 11.5 Å². The Labute approximate surface area is 110 Å². The van der Waals surface area contributed by atoms with Crippen molar-refractivity contribution in [2.24, 2.45) is 5.92 Å². The van der Waals surface area contributed by atoms with E-state index in [4.69, 9.17) is 9.47 Å². The maximum absolute atomic E-state index is 5.32. The third-order valence-corrected chi connectivity index (χ3v) is 3.46. The summed E-state index contributed by atoms with van der Waals surface area (Å²) in [5.41, 5.74) is 1.22. The van der Waals surface area contributed by atoms with E-state index < -0.39 is 0 Å². The third-order valence-electron chi connectivity index (χ3n) is 3.46. The smallest absolute Gasteiger partial charge is 0.122 e. The van der Waals surface area contributed by atoms with E-state index in [-0.39, 0.29) is 0 Å². The number of methoxy groups -OCH3 is 2. The molecule has 0 aliphatic rings. The van der Waals surface area contributed by atoms with Gasteiger partial charge in [0.1, 0.15) is 11.5 Å². The van der Waals surface area contributed by atoms with Crippen LogP contribution in [-0.4, -0.2) is 21.3 Å². The highest BCUT2D eigenvalue weighted by Gasteiger charge is 2.14. The second kappa shape index (κ2) is 7.27. The van der Waals surface area contributed by atoms with Crippen molar-refractivity contribution in [2.45, 2.75) is 32.7 Å². The van der Waals surface area contributed by atoms with Crippen LogP contribution in [0.25, 0.3) is 0 Å². The van der Waals surface area contributed by atoms with Crippen molar-refractivity contribution in [3.8, 4) is 11.5 Å². The maximum Gasteiger partial charge on any atom is 0.122 e. The molecule has 0 aromatic heterocycles. The fourth-order valence-electron chi connectivity index (χ4n) is 2.02. The lowest BCUT2D eigenvalue weighted by Crippen LogP contribution is -2.19. The summed E-state index contributed by atoms with van der Waals surface area (Å²) < 4.78 is 10.6. The molecule has 0 heterocycles. The van der Waals surface area contributed by atoms with Crippen LogP contribution in [0.4, 0.5) is 0 Å². The van der Waals surface area contributed by atoms with E-state index in [1.165, 1.54) is 12.0 Å². The molecule has 3 heteroatoms. The van der Waals surface area contributed by atoms with Gasteiger partial charge in [-0.05, 0) is 37.1 Å². The molecule has 0 aliphatic heterocycles. The summed E-state index contributed by atoms with van der Waals surface area (Å²) in [4.78, 5) is 0. The van der Waals surface area contributed by atoms with Crippen LogP contribution in [-0.2, 0) is 0 Å². The molecule has 1 N–H and O–H groups in total. The number of hydrogen-bond acceptors (Lipinski definition) is 3. The van der Waals surface area contributed by atoms with Crippen molar-refractivity contribution in [3.63, 3.8) is 0 Å². The van der Waals surface area contributed by atoms with Crippen LogP contribution in [0.15, 0.2) is 18.2 Å². The molecule has 3 nitrogen and oxygen atoms in total. The van der Waals surface area contributed by atoms with Crippen LogP contribution >= 0.6 is 0 Å². The van der Waals surface area contributed by atoms with Gasteiger partial charge in [-0.25, -0.2) is 0 Å². The van der Waals surface area contributed by atoms with Gasteiger partial charge in [-0.2, -0.15) is 0 Å². The van der Waals surface area contributed by atoms with Gasteiger partial charge in [0.25, 0.3) is 0 Å². The second-order valence-electron chi connectivity index (χ2n) is 4.74. The molecule has 1 aromatic rings. The quantitative estimate of drug-likeness (QED) is 0.805. The number of benzene rings is 1. The number of ether oxygens (including phenoxy) is 2. The van der Waals surface area contributed by atoms with Gasteiger partial charge in [0.2, 0.25) is 0 Å². The highest BCUT2D eigenvalue weighted by molar-refractivity contribution is 5.39. The molecule has 0 saturated heterocycles. The lowest BCUT2D eigenvalue weighted by atomic mass is 9.94. The summed E-state index contributed by atoms with van der Waals surface area (Å²) in [6.07, 6.45) is 2.31. The Kier molecular flexibility index (Phi) is 5.99. The zero-order valence-corrected chi connectivity index (χ0v) is 12.1. The monoisotopic (exact) mass is 251 g/mol. The van der Waals surface area contributed by atoms with E-state index >= 15 is 0 Å². The normalized spacial score (nSPS) is 14.1. The van der Waals surface area contributed by atoms with Gasteiger partial charge in [0.15, 0.2) is 0 Å². The summed E-state index contributed by atoms with van der Waals surface area (Å²) in [5.74, 6) is 2.38. The minimum absolute atomic E-state index is 0.337. The molecule has 2 unspecified atom stereocenters. The van der Waals surface area contributed by atoms with Crippen LogP contribution < -0.4 is 14.8 Å². The molecule has 0 aliphatic carbocycles. The number of hydrogen-bond donors (Lipinski definition) is 1. The van der Waals surface area contributed by atoms with Crippen molar-refractivity contribution in [2.75, 3.05) is 21.3 Å². The minimum atomic E-state index is 0.337. The number of rotatable bonds is 7. The maximum atomic E-state index is 5.32. The van der Waals surface area contributed by atoms with Crippen molar-refractivity contribution in [1.82, 2.24) is 5.32 Å². The Bertz CT molecular complexity index is 343. The summed E-state index contributed by atoms with van der Waals surface area (Å²) in [6, 6.07) is 6.39. The largest absolute Gasteiger partial charge is 0.497 e. The Morgan fingerprint density at radius 3 is 2.06 bits per heavy atom. The zero-order valence-electron chi connectivity index (χ0n) is 12.1. The van der Waals surface area contributed by atoms with E-state index in [9.17, 15) is 0 Å². The van der Waals surface area contributed by atoms with E-state index in [2.05, 4.69) is 31.3 Å². The Morgan fingerprint density at radius 1 is 1.11 bits per heavy atom. The molecular formula is C15H25NO2. The predicted octanol–water partition coefficient (Wildman–Crippen LogP) is 3.40. The zero-order chi connectivity index (χ0) is 13.5. The molecule has 2 atom stereocenters. The van der Waals surface area contributed by atoms with Gasteiger partial charge < -0.3 is 14.8 Å². The minimum Gasteiger partial charge on any atom is -0.497 e. The first-order chi connectivity index (χ1) is 8.64. The molecule has 0 spiro atoms. The van der Waals surface area contributed by atoms with E-state index in [0.29, 0.717) is 12.0 Å². The van der Waals surface area contributed by atoms with Gasteiger partial charge in [0, 0.05) is 12.1 Å². The van der Waals surface area contributed by atoms with Crippen molar-refractivity contribution in [1.29, 1.82) is 0 Å². The second-order valence-corrected chi connectivity index (χ2v) is 4.74. The summed E-state index contributed by atoms with van der Waals surface area (Å²) in [5, 5.41) is 3.38. The first-order valence-corrected chi connectivity index (χ1v) is 6.54. The molecule has 1 aromatic carbocycles. The van der Waals surface area contributed by atoms with E-state index in [1.807, 2.05) is 13.1 Å². The topological polar surface area (TPSA) is 30.5 Å². The van der Waals surface area contributed by atoms with Gasteiger partial charge in [-0.15, -0.1) is 0 Å². The Hall–Kier alpha value is -1.22. The van der Waals surface area contributed by atoms with Gasteiger partial charge >= 0.3 is 0 Å². The molecule has 0 amide bonds. The molecule has 0 saturated carbocycles. The SMILES string of the molecule is CCC(C)CC(NC)c1cc(OC)cc(OC)c1. The Morgan fingerprint density at radius 2 is 1.67 bits per heavy atom. The van der Waals surface area contributed by atoms with Crippen molar-refractivity contribution < 1.29 is 9.47 Å². The lowest BCUT2D eigenvalue weighted by Gasteiger charge is -2.21. The lowest BCUT2D eigenvalue weighted by molar-refractivity contribution is 0.386. The summed E-state index contributed by atoms with van der Waals surface area (Å²) >= 11 is 0. The molecule has 18 heavy (non-hydrogen) atoms. The molecule has 102 valence electrons. The fourth-order valence-corrected chi connectivity index (χ4v) is 2.02. The number of nitrogens with one attached hydrogen (secondary N) is 1. The molecule has 1 rings (SSSR count). The molecular weight excluding hydrogens is 226 g/mol.